The Kier molecular flexibility index (Phi) is 7.62. The molecule has 7 nitrogen and oxygen atoms in total. The van der Waals surface area contributed by atoms with Crippen molar-refractivity contribution in [2.75, 3.05) is 28.4 Å². The zero-order valence-corrected chi connectivity index (χ0v) is 25.2. The highest BCUT2D eigenvalue weighted by Crippen LogP contribution is 2.54. The van der Waals surface area contributed by atoms with Gasteiger partial charge in [0, 0.05) is 51.6 Å². The summed E-state index contributed by atoms with van der Waals surface area (Å²) in [6, 6.07) is 29.0. The van der Waals surface area contributed by atoms with E-state index < -0.39 is 11.6 Å². The minimum absolute atomic E-state index is 0.421. The molecule has 0 bridgehead atoms. The van der Waals surface area contributed by atoms with Crippen molar-refractivity contribution in [1.82, 2.24) is 0 Å². The first-order valence-electron chi connectivity index (χ1n) is 14.1. The predicted octanol–water partition coefficient (Wildman–Crippen LogP) is 7.82. The van der Waals surface area contributed by atoms with E-state index in [1.807, 2.05) is 97.1 Å². The van der Waals surface area contributed by atoms with Crippen LogP contribution in [0.5, 0.6) is 34.5 Å². The molecule has 1 aliphatic heterocycles. The maximum Gasteiger partial charge on any atom is 0.308 e. The lowest BCUT2D eigenvalue weighted by Crippen LogP contribution is -2.34. The van der Waals surface area contributed by atoms with Crippen molar-refractivity contribution in [2.45, 2.75) is 12.5 Å². The van der Waals surface area contributed by atoms with Crippen molar-refractivity contribution < 1.29 is 33.2 Å². The molecule has 222 valence electrons. The van der Waals surface area contributed by atoms with Crippen molar-refractivity contribution >= 4 is 22.8 Å². The van der Waals surface area contributed by atoms with Crippen LogP contribution in [0.25, 0.3) is 28.0 Å². The molecule has 7 heteroatoms. The van der Waals surface area contributed by atoms with Crippen LogP contribution < -0.4 is 28.4 Å². The van der Waals surface area contributed by atoms with Crippen LogP contribution in [0, 0.1) is 0 Å². The van der Waals surface area contributed by atoms with Gasteiger partial charge in [-0.3, -0.25) is 4.79 Å². The molecular weight excluding hydrogens is 556 g/mol. The summed E-state index contributed by atoms with van der Waals surface area (Å²) in [5.41, 5.74) is 2.95. The Bertz CT molecular complexity index is 1820. The summed E-state index contributed by atoms with van der Waals surface area (Å²) in [4.78, 5) is 12.5. The van der Waals surface area contributed by atoms with E-state index >= 15 is 0 Å². The molecule has 0 spiro atoms. The third-order valence-corrected chi connectivity index (χ3v) is 7.87. The molecule has 0 aliphatic carbocycles. The molecule has 0 atom stereocenters. The first-order chi connectivity index (χ1) is 21.4. The Morgan fingerprint density at radius 2 is 1.25 bits per heavy atom. The standard InChI is InChI=1S/C37H32O7/c1-23(38)43-36-30-9-7-6-8-29(30)35-32(34(36)31-19-18-28(41-4)22-33(31)42-5)20-21-37(44-35,24-10-14-26(39-2)15-11-24)25-12-16-27(40-3)17-13-25/h6-22H,1-5H3. The molecule has 1 aliphatic rings. The van der Waals surface area contributed by atoms with Crippen LogP contribution in [0.1, 0.15) is 23.6 Å². The van der Waals surface area contributed by atoms with Gasteiger partial charge in [0.2, 0.25) is 0 Å². The van der Waals surface area contributed by atoms with Gasteiger partial charge in [-0.2, -0.15) is 0 Å². The van der Waals surface area contributed by atoms with E-state index in [9.17, 15) is 4.79 Å². The summed E-state index contributed by atoms with van der Waals surface area (Å²) in [6.45, 7) is 1.40. The van der Waals surface area contributed by atoms with E-state index in [1.54, 1.807) is 34.5 Å². The normalized spacial score (nSPS) is 13.0. The molecule has 0 N–H and O–H groups in total. The maximum absolute atomic E-state index is 12.5. The van der Waals surface area contributed by atoms with E-state index in [1.165, 1.54) is 6.92 Å². The first-order valence-corrected chi connectivity index (χ1v) is 14.1. The second kappa shape index (κ2) is 11.7. The highest BCUT2D eigenvalue weighted by Gasteiger charge is 2.39. The summed E-state index contributed by atoms with van der Waals surface area (Å²) in [5.74, 6) is 3.30. The van der Waals surface area contributed by atoms with Crippen molar-refractivity contribution in [1.29, 1.82) is 0 Å². The lowest BCUT2D eigenvalue weighted by atomic mass is 9.81. The summed E-state index contributed by atoms with van der Waals surface area (Å²) < 4.78 is 35.4. The lowest BCUT2D eigenvalue weighted by Gasteiger charge is -2.37. The number of hydrogen-bond donors (Lipinski definition) is 0. The fraction of sp³-hybridized carbons (Fsp3) is 0.162. The van der Waals surface area contributed by atoms with Crippen LogP contribution in [-0.4, -0.2) is 34.4 Å². The minimum atomic E-state index is -1.00. The van der Waals surface area contributed by atoms with Gasteiger partial charge in [0.1, 0.15) is 34.5 Å². The summed E-state index contributed by atoms with van der Waals surface area (Å²) in [5, 5.41) is 1.52. The maximum atomic E-state index is 12.5. The molecule has 0 radical (unpaired) electrons. The Balaban J connectivity index is 1.68. The molecule has 0 saturated carbocycles. The van der Waals surface area contributed by atoms with Crippen molar-refractivity contribution in [3.8, 4) is 45.6 Å². The number of esters is 1. The predicted molar refractivity (Wildman–Crippen MR) is 170 cm³/mol. The Hall–Kier alpha value is -5.43. The molecule has 1 heterocycles. The van der Waals surface area contributed by atoms with Gasteiger partial charge in [0.05, 0.1) is 28.4 Å². The number of fused-ring (bicyclic) bond motifs is 3. The van der Waals surface area contributed by atoms with E-state index in [4.69, 9.17) is 28.4 Å². The van der Waals surface area contributed by atoms with Gasteiger partial charge in [-0.25, -0.2) is 0 Å². The van der Waals surface area contributed by atoms with E-state index in [2.05, 4.69) is 0 Å². The Morgan fingerprint density at radius 1 is 0.682 bits per heavy atom. The van der Waals surface area contributed by atoms with Gasteiger partial charge in [-0.05, 0) is 48.6 Å². The second-order valence-electron chi connectivity index (χ2n) is 10.3. The largest absolute Gasteiger partial charge is 0.497 e. The van der Waals surface area contributed by atoms with Gasteiger partial charge < -0.3 is 28.4 Å². The second-order valence-corrected chi connectivity index (χ2v) is 10.3. The highest BCUT2D eigenvalue weighted by molar-refractivity contribution is 6.06. The van der Waals surface area contributed by atoms with E-state index in [-0.39, 0.29) is 0 Å². The van der Waals surface area contributed by atoms with Crippen LogP contribution in [0.3, 0.4) is 0 Å². The molecule has 0 aromatic heterocycles. The van der Waals surface area contributed by atoms with Crippen LogP contribution in [0.2, 0.25) is 0 Å². The average Bonchev–Trinajstić information content (AvgIpc) is 3.08. The van der Waals surface area contributed by atoms with Crippen molar-refractivity contribution in [2.24, 2.45) is 0 Å². The third-order valence-electron chi connectivity index (χ3n) is 7.87. The fourth-order valence-corrected chi connectivity index (χ4v) is 5.74. The van der Waals surface area contributed by atoms with Crippen molar-refractivity contribution in [3.05, 3.63) is 114 Å². The van der Waals surface area contributed by atoms with Gasteiger partial charge in [0.25, 0.3) is 0 Å². The molecule has 0 amide bonds. The van der Waals surface area contributed by atoms with Gasteiger partial charge in [-0.15, -0.1) is 0 Å². The first kappa shape index (κ1) is 28.7. The van der Waals surface area contributed by atoms with Gasteiger partial charge >= 0.3 is 5.97 Å². The fourth-order valence-electron chi connectivity index (χ4n) is 5.74. The van der Waals surface area contributed by atoms with Crippen LogP contribution in [0.4, 0.5) is 0 Å². The molecule has 6 rings (SSSR count). The monoisotopic (exact) mass is 588 g/mol. The van der Waals surface area contributed by atoms with E-state index in [0.29, 0.717) is 28.6 Å². The molecule has 0 saturated heterocycles. The number of hydrogen-bond acceptors (Lipinski definition) is 7. The SMILES string of the molecule is COc1ccc(C2(c3ccc(OC)cc3)C=Cc3c(-c4ccc(OC)cc4OC)c(OC(C)=O)c4ccccc4c3O2)cc1. The van der Waals surface area contributed by atoms with Gasteiger partial charge in [0.15, 0.2) is 5.60 Å². The van der Waals surface area contributed by atoms with Crippen molar-refractivity contribution in [3.63, 3.8) is 0 Å². The van der Waals surface area contributed by atoms with Crippen LogP contribution in [0.15, 0.2) is 97.1 Å². The third kappa shape index (κ3) is 4.86. The molecule has 5 aromatic rings. The zero-order valence-electron chi connectivity index (χ0n) is 25.2. The molecule has 0 unspecified atom stereocenters. The lowest BCUT2D eigenvalue weighted by molar-refractivity contribution is -0.131. The number of ether oxygens (including phenoxy) is 6. The van der Waals surface area contributed by atoms with Gasteiger partial charge in [-0.1, -0.05) is 48.5 Å². The Labute approximate surface area is 256 Å². The smallest absolute Gasteiger partial charge is 0.308 e. The number of benzene rings is 5. The van der Waals surface area contributed by atoms with Crippen LogP contribution >= 0.6 is 0 Å². The van der Waals surface area contributed by atoms with E-state index in [0.717, 1.165) is 44.5 Å². The summed E-state index contributed by atoms with van der Waals surface area (Å²) in [7, 11) is 6.49. The highest BCUT2D eigenvalue weighted by atomic mass is 16.5. The number of carbonyl (C=O) groups excluding carboxylic acids is 1. The topological polar surface area (TPSA) is 72.5 Å². The molecular formula is C37H32O7. The molecule has 5 aromatic carbocycles. The number of carbonyl (C=O) groups is 1. The number of methoxy groups -OCH3 is 4. The summed E-state index contributed by atoms with van der Waals surface area (Å²) >= 11 is 0. The Morgan fingerprint density at radius 3 is 1.80 bits per heavy atom. The zero-order chi connectivity index (χ0) is 30.8. The van der Waals surface area contributed by atoms with Crippen LogP contribution in [-0.2, 0) is 10.4 Å². The average molecular weight is 589 g/mol. The number of rotatable bonds is 8. The molecule has 44 heavy (non-hydrogen) atoms. The minimum Gasteiger partial charge on any atom is -0.497 e. The molecule has 0 fully saturated rings. The quantitative estimate of drug-likeness (QED) is 0.135. The summed E-state index contributed by atoms with van der Waals surface area (Å²) in [6.07, 6.45) is 4.07.